The van der Waals surface area contributed by atoms with E-state index in [1.807, 2.05) is 6.92 Å². The van der Waals surface area contributed by atoms with Gasteiger partial charge in [-0.05, 0) is 58.7 Å². The summed E-state index contributed by atoms with van der Waals surface area (Å²) < 4.78 is 27.2. The fraction of sp³-hybridized carbons (Fsp3) is 0.0714. The van der Waals surface area contributed by atoms with E-state index in [1.54, 1.807) is 6.07 Å². The Kier molecular flexibility index (Phi) is 4.40. The van der Waals surface area contributed by atoms with Crippen molar-refractivity contribution in [1.29, 1.82) is 0 Å². The molecule has 0 spiro atoms. The monoisotopic (exact) mass is 359 g/mol. The number of amides is 1. The largest absolute Gasteiger partial charge is 0.321 e. The maximum Gasteiger partial charge on any atom is 0.258 e. The van der Waals surface area contributed by atoms with Gasteiger partial charge in [0.1, 0.15) is 11.6 Å². The van der Waals surface area contributed by atoms with Gasteiger partial charge in [0.15, 0.2) is 0 Å². The number of carbonyl (C=O) groups excluding carboxylic acids is 1. The number of aryl methyl sites for hydroxylation is 1. The Hall–Kier alpha value is -1.46. The van der Waals surface area contributed by atoms with Crippen molar-refractivity contribution in [2.24, 2.45) is 0 Å². The number of nitrogens with one attached hydrogen (secondary N) is 1. The van der Waals surface area contributed by atoms with Crippen LogP contribution in [0.15, 0.2) is 34.8 Å². The number of halogens is 4. The highest BCUT2D eigenvalue weighted by Crippen LogP contribution is 2.29. The maximum atomic E-state index is 13.5. The second-order valence-electron chi connectivity index (χ2n) is 4.16. The fourth-order valence-corrected chi connectivity index (χ4v) is 2.32. The molecular formula is C14H9BrClF2NO. The van der Waals surface area contributed by atoms with Crippen LogP contribution in [0.5, 0.6) is 0 Å². The molecule has 6 heteroatoms. The van der Waals surface area contributed by atoms with Gasteiger partial charge in [-0.1, -0.05) is 11.6 Å². The van der Waals surface area contributed by atoms with Gasteiger partial charge < -0.3 is 5.32 Å². The lowest BCUT2D eigenvalue weighted by molar-refractivity contribution is 0.102. The van der Waals surface area contributed by atoms with Gasteiger partial charge in [-0.25, -0.2) is 8.78 Å². The summed E-state index contributed by atoms with van der Waals surface area (Å²) in [6.07, 6.45) is 0. The van der Waals surface area contributed by atoms with E-state index in [0.717, 1.165) is 23.8 Å². The van der Waals surface area contributed by atoms with Gasteiger partial charge in [-0.3, -0.25) is 4.79 Å². The van der Waals surface area contributed by atoms with Crippen molar-refractivity contribution in [3.63, 3.8) is 0 Å². The molecule has 0 radical (unpaired) electrons. The van der Waals surface area contributed by atoms with Crippen molar-refractivity contribution in [2.75, 3.05) is 5.32 Å². The van der Waals surface area contributed by atoms with Crippen LogP contribution >= 0.6 is 27.5 Å². The Morgan fingerprint density at radius 2 is 1.95 bits per heavy atom. The molecule has 1 amide bonds. The maximum absolute atomic E-state index is 13.5. The van der Waals surface area contributed by atoms with Gasteiger partial charge in [0.05, 0.1) is 11.3 Å². The molecule has 1 N–H and O–H groups in total. The van der Waals surface area contributed by atoms with Crippen LogP contribution in [-0.2, 0) is 0 Å². The average Bonchev–Trinajstić information content (AvgIpc) is 2.38. The van der Waals surface area contributed by atoms with Crippen LogP contribution in [0, 0.1) is 18.6 Å². The number of carbonyl (C=O) groups is 1. The van der Waals surface area contributed by atoms with E-state index >= 15 is 0 Å². The van der Waals surface area contributed by atoms with Crippen LogP contribution in [0.25, 0.3) is 0 Å². The third-order valence-corrected chi connectivity index (χ3v) is 3.73. The zero-order chi connectivity index (χ0) is 14.9. The zero-order valence-corrected chi connectivity index (χ0v) is 12.6. The highest BCUT2D eigenvalue weighted by molar-refractivity contribution is 9.10. The van der Waals surface area contributed by atoms with Crippen LogP contribution in [0.4, 0.5) is 14.5 Å². The van der Waals surface area contributed by atoms with Gasteiger partial charge in [0.25, 0.3) is 5.91 Å². The van der Waals surface area contributed by atoms with Gasteiger partial charge in [-0.15, -0.1) is 0 Å². The molecule has 2 rings (SSSR count). The zero-order valence-electron chi connectivity index (χ0n) is 10.3. The minimum atomic E-state index is -0.793. The first kappa shape index (κ1) is 14.9. The molecule has 0 saturated heterocycles. The van der Waals surface area contributed by atoms with E-state index in [0.29, 0.717) is 15.2 Å². The summed E-state index contributed by atoms with van der Waals surface area (Å²) >= 11 is 9.24. The fourth-order valence-electron chi connectivity index (χ4n) is 1.60. The summed E-state index contributed by atoms with van der Waals surface area (Å²) in [4.78, 5) is 12.0. The van der Waals surface area contributed by atoms with Crippen LogP contribution in [0.1, 0.15) is 15.9 Å². The van der Waals surface area contributed by atoms with Crippen molar-refractivity contribution < 1.29 is 13.6 Å². The molecule has 0 aromatic heterocycles. The molecule has 0 aliphatic heterocycles. The smallest absolute Gasteiger partial charge is 0.258 e. The molecule has 2 aromatic carbocycles. The lowest BCUT2D eigenvalue weighted by atomic mass is 10.1. The van der Waals surface area contributed by atoms with Gasteiger partial charge in [0, 0.05) is 9.50 Å². The van der Waals surface area contributed by atoms with Crippen molar-refractivity contribution in [1.82, 2.24) is 0 Å². The van der Waals surface area contributed by atoms with Gasteiger partial charge in [-0.2, -0.15) is 0 Å². The molecule has 0 saturated carbocycles. The second kappa shape index (κ2) is 5.89. The van der Waals surface area contributed by atoms with Gasteiger partial charge in [0.2, 0.25) is 0 Å². The lowest BCUT2D eigenvalue weighted by Gasteiger charge is -2.10. The van der Waals surface area contributed by atoms with Crippen molar-refractivity contribution in [3.05, 3.63) is 62.6 Å². The SMILES string of the molecule is Cc1cc(Br)c(NC(=O)c2cc(F)ccc2F)cc1Cl. The van der Waals surface area contributed by atoms with E-state index in [4.69, 9.17) is 11.6 Å². The normalized spacial score (nSPS) is 10.4. The minimum absolute atomic E-state index is 0.367. The Morgan fingerprint density at radius 1 is 1.25 bits per heavy atom. The summed E-state index contributed by atoms with van der Waals surface area (Å²) in [5, 5.41) is 2.95. The Balaban J connectivity index is 2.32. The highest BCUT2D eigenvalue weighted by Gasteiger charge is 2.15. The summed E-state index contributed by atoms with van der Waals surface area (Å²) in [6.45, 7) is 1.81. The molecule has 0 aliphatic carbocycles. The van der Waals surface area contributed by atoms with Crippen molar-refractivity contribution in [3.8, 4) is 0 Å². The van der Waals surface area contributed by atoms with Gasteiger partial charge >= 0.3 is 0 Å². The van der Waals surface area contributed by atoms with Crippen molar-refractivity contribution in [2.45, 2.75) is 6.92 Å². The molecule has 0 aliphatic rings. The summed E-state index contributed by atoms with van der Waals surface area (Å²) in [7, 11) is 0. The van der Waals surface area contributed by atoms with E-state index in [2.05, 4.69) is 21.2 Å². The van der Waals surface area contributed by atoms with Crippen LogP contribution in [0.2, 0.25) is 5.02 Å². The molecule has 0 fully saturated rings. The quantitative estimate of drug-likeness (QED) is 0.807. The first-order chi connectivity index (χ1) is 9.38. The number of rotatable bonds is 2. The second-order valence-corrected chi connectivity index (χ2v) is 5.42. The molecular weight excluding hydrogens is 352 g/mol. The Morgan fingerprint density at radius 3 is 2.65 bits per heavy atom. The topological polar surface area (TPSA) is 29.1 Å². The van der Waals surface area contributed by atoms with E-state index in [9.17, 15) is 13.6 Å². The third kappa shape index (κ3) is 3.16. The molecule has 104 valence electrons. The first-order valence-corrected chi connectivity index (χ1v) is 6.77. The first-order valence-electron chi connectivity index (χ1n) is 5.60. The summed E-state index contributed by atoms with van der Waals surface area (Å²) in [5.74, 6) is -2.22. The van der Waals surface area contributed by atoms with Crippen LogP contribution in [-0.4, -0.2) is 5.91 Å². The molecule has 0 unspecified atom stereocenters. The van der Waals surface area contributed by atoms with Crippen LogP contribution < -0.4 is 5.32 Å². The molecule has 0 heterocycles. The number of hydrogen-bond acceptors (Lipinski definition) is 1. The summed E-state index contributed by atoms with van der Waals surface area (Å²) in [5.41, 5.74) is 0.844. The standard InChI is InChI=1S/C14H9BrClF2NO/c1-7-4-10(15)13(6-11(7)16)19-14(20)9-5-8(17)2-3-12(9)18/h2-6H,1H3,(H,19,20). The molecule has 2 nitrogen and oxygen atoms in total. The predicted molar refractivity (Wildman–Crippen MR) is 78.2 cm³/mol. The predicted octanol–water partition coefficient (Wildman–Crippen LogP) is 4.94. The Labute approximate surface area is 127 Å². The van der Waals surface area contributed by atoms with E-state index in [-0.39, 0.29) is 5.56 Å². The molecule has 2 aromatic rings. The average molecular weight is 361 g/mol. The minimum Gasteiger partial charge on any atom is -0.321 e. The number of anilines is 1. The lowest BCUT2D eigenvalue weighted by Crippen LogP contribution is -2.14. The van der Waals surface area contributed by atoms with E-state index < -0.39 is 17.5 Å². The molecule has 0 bridgehead atoms. The summed E-state index contributed by atoms with van der Waals surface area (Å²) in [6, 6.07) is 5.95. The van der Waals surface area contributed by atoms with E-state index in [1.165, 1.54) is 6.07 Å². The highest BCUT2D eigenvalue weighted by atomic mass is 79.9. The number of hydrogen-bond donors (Lipinski definition) is 1. The number of benzene rings is 2. The van der Waals surface area contributed by atoms with Crippen molar-refractivity contribution >= 4 is 39.1 Å². The van der Waals surface area contributed by atoms with Crippen LogP contribution in [0.3, 0.4) is 0 Å². The Bertz CT molecular complexity index is 691. The molecule has 20 heavy (non-hydrogen) atoms. The molecule has 0 atom stereocenters. The third-order valence-electron chi connectivity index (χ3n) is 2.67.